The van der Waals surface area contributed by atoms with Gasteiger partial charge in [0.25, 0.3) is 0 Å². The summed E-state index contributed by atoms with van der Waals surface area (Å²) in [5.41, 5.74) is 2.95. The highest BCUT2D eigenvalue weighted by Crippen LogP contribution is 2.43. The number of amides is 1. The van der Waals surface area contributed by atoms with E-state index in [-0.39, 0.29) is 17.9 Å². The van der Waals surface area contributed by atoms with Crippen molar-refractivity contribution in [2.45, 2.75) is 58.5 Å². The van der Waals surface area contributed by atoms with Crippen molar-refractivity contribution < 1.29 is 18.7 Å². The Morgan fingerprint density at radius 3 is 2.88 bits per heavy atom. The number of H-pyrrole nitrogens is 1. The van der Waals surface area contributed by atoms with E-state index in [1.54, 1.807) is 19.6 Å². The van der Waals surface area contributed by atoms with Gasteiger partial charge in [0, 0.05) is 48.5 Å². The van der Waals surface area contributed by atoms with E-state index in [0.29, 0.717) is 42.0 Å². The Morgan fingerprint density at radius 1 is 1.34 bits per heavy atom. The van der Waals surface area contributed by atoms with Crippen LogP contribution in [0, 0.1) is 6.92 Å². The fourth-order valence-corrected chi connectivity index (χ4v) is 4.22. The third-order valence-electron chi connectivity index (χ3n) is 6.03. The standard InChI is InChI=1S/C24H29N3O5/c1-14-16(5-6-20(28)26-10-8-15-12-25-13-27-15)23(29)31-22-17-7-9-24(2,3)32-18(17)11-19(30-4)21(14)22/h11-13H,5-10H2,1-4H3,(H,25,27)(H,26,28). The fourth-order valence-electron chi connectivity index (χ4n) is 4.22. The van der Waals surface area contributed by atoms with Crippen LogP contribution in [0.25, 0.3) is 11.0 Å². The zero-order valence-electron chi connectivity index (χ0n) is 19.0. The number of aromatic nitrogens is 2. The molecule has 3 heterocycles. The van der Waals surface area contributed by atoms with Gasteiger partial charge in [0.2, 0.25) is 5.91 Å². The molecule has 1 aliphatic heterocycles. The monoisotopic (exact) mass is 439 g/mol. The van der Waals surface area contributed by atoms with Crippen molar-refractivity contribution in [1.29, 1.82) is 0 Å². The second kappa shape index (κ2) is 8.68. The lowest BCUT2D eigenvalue weighted by Crippen LogP contribution is -2.32. The molecule has 1 aliphatic rings. The summed E-state index contributed by atoms with van der Waals surface area (Å²) in [6.45, 7) is 6.46. The number of aromatic amines is 1. The first-order valence-corrected chi connectivity index (χ1v) is 10.9. The van der Waals surface area contributed by atoms with Crippen LogP contribution < -0.4 is 20.4 Å². The lowest BCUT2D eigenvalue weighted by Gasteiger charge is -2.33. The van der Waals surface area contributed by atoms with Crippen molar-refractivity contribution in [3.8, 4) is 11.5 Å². The largest absolute Gasteiger partial charge is 0.496 e. The van der Waals surface area contributed by atoms with Crippen LogP contribution in [0.2, 0.25) is 0 Å². The number of methoxy groups -OCH3 is 1. The van der Waals surface area contributed by atoms with Crippen LogP contribution in [0.15, 0.2) is 27.8 Å². The summed E-state index contributed by atoms with van der Waals surface area (Å²) in [5, 5.41) is 3.65. The third-order valence-corrected chi connectivity index (χ3v) is 6.03. The molecule has 1 amide bonds. The molecule has 3 aromatic rings. The van der Waals surface area contributed by atoms with Gasteiger partial charge in [-0.25, -0.2) is 9.78 Å². The van der Waals surface area contributed by atoms with E-state index in [9.17, 15) is 9.59 Å². The molecule has 0 atom stereocenters. The average molecular weight is 440 g/mol. The molecule has 0 saturated carbocycles. The van der Waals surface area contributed by atoms with E-state index in [4.69, 9.17) is 13.9 Å². The van der Waals surface area contributed by atoms with Gasteiger partial charge in [-0.1, -0.05) is 0 Å². The Kier molecular flexibility index (Phi) is 5.95. The summed E-state index contributed by atoms with van der Waals surface area (Å²) in [5.74, 6) is 1.18. The van der Waals surface area contributed by atoms with Gasteiger partial charge in [-0.15, -0.1) is 0 Å². The predicted octanol–water partition coefficient (Wildman–Crippen LogP) is 3.23. The topological polar surface area (TPSA) is 106 Å². The number of imidazole rings is 1. The van der Waals surface area contributed by atoms with Gasteiger partial charge in [0.15, 0.2) is 0 Å². The van der Waals surface area contributed by atoms with Crippen LogP contribution in [0.3, 0.4) is 0 Å². The number of ether oxygens (including phenoxy) is 2. The first-order chi connectivity index (χ1) is 15.3. The van der Waals surface area contributed by atoms with Crippen molar-refractivity contribution in [2.24, 2.45) is 0 Å². The molecule has 0 saturated heterocycles. The van der Waals surface area contributed by atoms with Crippen LogP contribution in [0.1, 0.15) is 49.1 Å². The third kappa shape index (κ3) is 4.35. The molecular formula is C24H29N3O5. The number of carbonyl (C=O) groups excluding carboxylic acids is 1. The zero-order valence-corrected chi connectivity index (χ0v) is 19.0. The second-order valence-corrected chi connectivity index (χ2v) is 8.79. The van der Waals surface area contributed by atoms with E-state index >= 15 is 0 Å². The number of carbonyl (C=O) groups is 1. The highest BCUT2D eigenvalue weighted by molar-refractivity contribution is 5.92. The molecule has 0 radical (unpaired) electrons. The molecule has 2 N–H and O–H groups in total. The Bertz CT molecular complexity index is 1190. The van der Waals surface area contributed by atoms with Crippen molar-refractivity contribution in [2.75, 3.05) is 13.7 Å². The molecule has 0 bridgehead atoms. The Hall–Kier alpha value is -3.29. The number of benzene rings is 1. The molecule has 170 valence electrons. The lowest BCUT2D eigenvalue weighted by atomic mass is 9.91. The number of aryl methyl sites for hydroxylation is 2. The van der Waals surface area contributed by atoms with Crippen LogP contribution in [0.4, 0.5) is 0 Å². The van der Waals surface area contributed by atoms with Crippen molar-refractivity contribution in [3.05, 3.63) is 51.4 Å². The number of hydrogen-bond acceptors (Lipinski definition) is 6. The number of rotatable bonds is 7. The molecular weight excluding hydrogens is 410 g/mol. The SMILES string of the molecule is COc1cc2c(c3oc(=O)c(CCC(=O)NCCc4cnc[nH]4)c(C)c13)CCC(C)(C)O2. The molecule has 0 fully saturated rings. The van der Waals surface area contributed by atoms with Gasteiger partial charge >= 0.3 is 5.63 Å². The number of nitrogens with one attached hydrogen (secondary N) is 2. The fraction of sp³-hybridized carbons (Fsp3) is 0.458. The molecule has 8 heteroatoms. The van der Waals surface area contributed by atoms with Gasteiger partial charge in [-0.2, -0.15) is 0 Å². The smallest absolute Gasteiger partial charge is 0.339 e. The van der Waals surface area contributed by atoms with Gasteiger partial charge in [-0.3, -0.25) is 4.79 Å². The molecule has 0 unspecified atom stereocenters. The Balaban J connectivity index is 1.56. The zero-order chi connectivity index (χ0) is 22.9. The van der Waals surface area contributed by atoms with Gasteiger partial charge < -0.3 is 24.2 Å². The van der Waals surface area contributed by atoms with E-state index in [1.165, 1.54) is 0 Å². The summed E-state index contributed by atoms with van der Waals surface area (Å²) in [4.78, 5) is 32.1. The second-order valence-electron chi connectivity index (χ2n) is 8.79. The minimum atomic E-state index is -0.416. The summed E-state index contributed by atoms with van der Waals surface area (Å²) < 4.78 is 17.5. The Labute approximate surface area is 186 Å². The van der Waals surface area contributed by atoms with Crippen LogP contribution in [-0.2, 0) is 24.1 Å². The maximum absolute atomic E-state index is 12.9. The first kappa shape index (κ1) is 21.9. The molecule has 2 aromatic heterocycles. The van der Waals surface area contributed by atoms with Crippen molar-refractivity contribution in [3.63, 3.8) is 0 Å². The van der Waals surface area contributed by atoms with Crippen LogP contribution >= 0.6 is 0 Å². The number of hydrogen-bond donors (Lipinski definition) is 2. The molecule has 8 nitrogen and oxygen atoms in total. The quantitative estimate of drug-likeness (QED) is 0.548. The molecule has 32 heavy (non-hydrogen) atoms. The summed E-state index contributed by atoms with van der Waals surface area (Å²) >= 11 is 0. The maximum atomic E-state index is 12.9. The van der Waals surface area contributed by atoms with E-state index < -0.39 is 5.63 Å². The highest BCUT2D eigenvalue weighted by atomic mass is 16.5. The van der Waals surface area contributed by atoms with Crippen LogP contribution in [-0.4, -0.2) is 35.1 Å². The van der Waals surface area contributed by atoms with E-state index in [0.717, 1.165) is 35.0 Å². The van der Waals surface area contributed by atoms with Crippen molar-refractivity contribution in [1.82, 2.24) is 15.3 Å². The summed E-state index contributed by atoms with van der Waals surface area (Å²) in [7, 11) is 1.59. The van der Waals surface area contributed by atoms with E-state index in [2.05, 4.69) is 15.3 Å². The van der Waals surface area contributed by atoms with E-state index in [1.807, 2.05) is 26.8 Å². The average Bonchev–Trinajstić information content (AvgIpc) is 3.25. The first-order valence-electron chi connectivity index (χ1n) is 10.9. The number of fused-ring (bicyclic) bond motifs is 3. The van der Waals surface area contributed by atoms with Crippen molar-refractivity contribution >= 4 is 16.9 Å². The molecule has 0 aliphatic carbocycles. The minimum Gasteiger partial charge on any atom is -0.496 e. The minimum absolute atomic E-state index is 0.114. The maximum Gasteiger partial charge on any atom is 0.339 e. The normalized spacial score (nSPS) is 14.6. The predicted molar refractivity (Wildman–Crippen MR) is 120 cm³/mol. The highest BCUT2D eigenvalue weighted by Gasteiger charge is 2.31. The lowest BCUT2D eigenvalue weighted by molar-refractivity contribution is -0.121. The summed E-state index contributed by atoms with van der Waals surface area (Å²) in [6.07, 6.45) is 6.08. The Morgan fingerprint density at radius 2 is 2.16 bits per heavy atom. The molecule has 4 rings (SSSR count). The number of nitrogens with zero attached hydrogens (tertiary/aromatic N) is 1. The molecule has 0 spiro atoms. The van der Waals surface area contributed by atoms with Gasteiger partial charge in [-0.05, 0) is 45.6 Å². The summed E-state index contributed by atoms with van der Waals surface area (Å²) in [6, 6.07) is 1.87. The van der Waals surface area contributed by atoms with Gasteiger partial charge in [0.1, 0.15) is 22.7 Å². The van der Waals surface area contributed by atoms with Gasteiger partial charge in [0.05, 0.1) is 18.8 Å². The molecule has 1 aromatic carbocycles. The van der Waals surface area contributed by atoms with Crippen LogP contribution in [0.5, 0.6) is 11.5 Å².